The van der Waals surface area contributed by atoms with E-state index in [4.69, 9.17) is 0 Å². The van der Waals surface area contributed by atoms with Gasteiger partial charge in [-0.15, -0.1) is 0 Å². The molecule has 0 saturated heterocycles. The Bertz CT molecular complexity index is 88.4. The third-order valence-corrected chi connectivity index (χ3v) is 0.593. The lowest BCUT2D eigenvalue weighted by molar-refractivity contribution is 0.672. The van der Waals surface area contributed by atoms with Gasteiger partial charge in [0.1, 0.15) is 0 Å². The number of rotatable bonds is 2. The Labute approximate surface area is 50.6 Å². The summed E-state index contributed by atoms with van der Waals surface area (Å²) in [7, 11) is 0. The summed E-state index contributed by atoms with van der Waals surface area (Å²) in [5, 5.41) is 0. The third kappa shape index (κ3) is 5.32. The molecule has 0 fully saturated rings. The number of hydrazine groups is 1. The summed E-state index contributed by atoms with van der Waals surface area (Å²) in [4.78, 5) is 0. The number of hydrogen-bond donors (Lipinski definition) is 2. The Morgan fingerprint density at radius 3 is 2.62 bits per heavy atom. The molecule has 0 amide bonds. The molecule has 0 aliphatic carbocycles. The topological polar surface area (TPSA) is 24.1 Å². The van der Waals surface area contributed by atoms with E-state index in [-0.39, 0.29) is 0 Å². The van der Waals surface area contributed by atoms with Crippen LogP contribution >= 0.6 is 0 Å². The van der Waals surface area contributed by atoms with Gasteiger partial charge in [-0.05, 0) is 0 Å². The molecule has 0 spiro atoms. The second-order valence-corrected chi connectivity index (χ2v) is 1.31. The SMILES string of the molecule is CCC#CNNCC. The molecular weight excluding hydrogens is 100 g/mol. The highest BCUT2D eigenvalue weighted by Crippen LogP contribution is 1.61. The molecule has 2 N–H and O–H groups in total. The van der Waals surface area contributed by atoms with E-state index in [0.29, 0.717) is 0 Å². The number of nitrogens with one attached hydrogen (secondary N) is 2. The molecule has 0 aliphatic rings. The van der Waals surface area contributed by atoms with Crippen molar-refractivity contribution in [2.24, 2.45) is 0 Å². The molecule has 2 nitrogen and oxygen atoms in total. The molecule has 0 aromatic rings. The molecular formula is C6H12N2. The van der Waals surface area contributed by atoms with Crippen LogP contribution < -0.4 is 10.9 Å². The van der Waals surface area contributed by atoms with Crippen molar-refractivity contribution in [1.29, 1.82) is 0 Å². The van der Waals surface area contributed by atoms with Crippen LogP contribution in [0, 0.1) is 12.0 Å². The van der Waals surface area contributed by atoms with Gasteiger partial charge in [-0.2, -0.15) is 0 Å². The smallest absolute Gasteiger partial charge is 0.0201 e. The highest BCUT2D eigenvalue weighted by Gasteiger charge is 1.65. The van der Waals surface area contributed by atoms with E-state index in [1.54, 1.807) is 0 Å². The van der Waals surface area contributed by atoms with Gasteiger partial charge in [-0.25, -0.2) is 5.43 Å². The average Bonchev–Trinajstić information content (AvgIpc) is 1.81. The molecule has 0 aromatic heterocycles. The van der Waals surface area contributed by atoms with Crippen LogP contribution in [0.2, 0.25) is 0 Å². The van der Waals surface area contributed by atoms with Crippen LogP contribution in [0.4, 0.5) is 0 Å². The molecule has 0 saturated carbocycles. The third-order valence-electron chi connectivity index (χ3n) is 0.593. The lowest BCUT2D eigenvalue weighted by atomic mass is 10.5. The summed E-state index contributed by atoms with van der Waals surface area (Å²) in [6.07, 6.45) is 0.901. The van der Waals surface area contributed by atoms with Crippen molar-refractivity contribution in [1.82, 2.24) is 10.9 Å². The largest absolute Gasteiger partial charge is 0.281 e. The zero-order valence-corrected chi connectivity index (χ0v) is 5.41. The van der Waals surface area contributed by atoms with Gasteiger partial charge in [-0.1, -0.05) is 19.8 Å². The fraction of sp³-hybridized carbons (Fsp3) is 0.667. The Morgan fingerprint density at radius 2 is 2.12 bits per heavy atom. The predicted molar refractivity (Wildman–Crippen MR) is 34.9 cm³/mol. The van der Waals surface area contributed by atoms with E-state index in [2.05, 4.69) is 22.8 Å². The standard InChI is InChI=1S/C6H12N2/c1-3-5-6-8-7-4-2/h7-8H,3-4H2,1-2H3. The maximum Gasteiger partial charge on any atom is 0.0201 e. The van der Waals surface area contributed by atoms with Crippen molar-refractivity contribution in [3.63, 3.8) is 0 Å². The molecule has 0 bridgehead atoms. The Kier molecular flexibility index (Phi) is 5.78. The zero-order valence-electron chi connectivity index (χ0n) is 5.41. The maximum absolute atomic E-state index is 2.86. The molecule has 0 atom stereocenters. The molecule has 8 heavy (non-hydrogen) atoms. The summed E-state index contributed by atoms with van der Waals surface area (Å²) in [6, 6.07) is 2.72. The molecule has 0 heterocycles. The van der Waals surface area contributed by atoms with Crippen molar-refractivity contribution in [2.45, 2.75) is 20.3 Å². The van der Waals surface area contributed by atoms with Gasteiger partial charge in [0.2, 0.25) is 0 Å². The summed E-state index contributed by atoms with van der Waals surface area (Å²) in [5.41, 5.74) is 5.58. The minimum atomic E-state index is 0.901. The first-order chi connectivity index (χ1) is 3.91. The van der Waals surface area contributed by atoms with Crippen molar-refractivity contribution in [2.75, 3.05) is 6.54 Å². The minimum Gasteiger partial charge on any atom is -0.281 e. The zero-order chi connectivity index (χ0) is 6.24. The molecule has 0 rings (SSSR count). The second-order valence-electron chi connectivity index (χ2n) is 1.31. The van der Waals surface area contributed by atoms with Crippen LogP contribution in [-0.4, -0.2) is 6.54 Å². The van der Waals surface area contributed by atoms with Gasteiger partial charge in [0.25, 0.3) is 0 Å². The average molecular weight is 112 g/mol. The Balaban J connectivity index is 2.90. The lowest BCUT2D eigenvalue weighted by Gasteiger charge is -1.92. The molecule has 0 radical (unpaired) electrons. The second kappa shape index (κ2) is 6.32. The summed E-state index contributed by atoms with van der Waals surface area (Å²) in [6.45, 7) is 4.93. The normalized spacial score (nSPS) is 7.25. The van der Waals surface area contributed by atoms with Crippen LogP contribution in [0.5, 0.6) is 0 Å². The molecule has 46 valence electrons. The van der Waals surface area contributed by atoms with Gasteiger partial charge in [0, 0.05) is 19.0 Å². The monoisotopic (exact) mass is 112 g/mol. The van der Waals surface area contributed by atoms with Gasteiger partial charge in [0.15, 0.2) is 0 Å². The highest BCUT2D eigenvalue weighted by atomic mass is 15.3. The van der Waals surface area contributed by atoms with Crippen LogP contribution in [0.1, 0.15) is 20.3 Å². The van der Waals surface area contributed by atoms with Gasteiger partial charge in [0.05, 0.1) is 0 Å². The summed E-state index contributed by atoms with van der Waals surface area (Å²) < 4.78 is 0. The summed E-state index contributed by atoms with van der Waals surface area (Å²) in [5.74, 6) is 2.86. The Hall–Kier alpha value is -0.680. The molecule has 0 aromatic carbocycles. The van der Waals surface area contributed by atoms with Crippen molar-refractivity contribution in [3.05, 3.63) is 0 Å². The first-order valence-corrected chi connectivity index (χ1v) is 2.87. The first-order valence-electron chi connectivity index (χ1n) is 2.87. The van der Waals surface area contributed by atoms with Crippen LogP contribution in [0.15, 0.2) is 0 Å². The van der Waals surface area contributed by atoms with Crippen LogP contribution in [-0.2, 0) is 0 Å². The van der Waals surface area contributed by atoms with Crippen molar-refractivity contribution >= 4 is 0 Å². The summed E-state index contributed by atoms with van der Waals surface area (Å²) >= 11 is 0. The van der Waals surface area contributed by atoms with E-state index >= 15 is 0 Å². The molecule has 0 unspecified atom stereocenters. The van der Waals surface area contributed by atoms with Gasteiger partial charge >= 0.3 is 0 Å². The van der Waals surface area contributed by atoms with Gasteiger partial charge < -0.3 is 0 Å². The first kappa shape index (κ1) is 7.32. The predicted octanol–water partition coefficient (Wildman–Crippen LogP) is 0.471. The number of hydrogen-bond acceptors (Lipinski definition) is 2. The van der Waals surface area contributed by atoms with E-state index < -0.39 is 0 Å². The van der Waals surface area contributed by atoms with E-state index in [1.165, 1.54) is 0 Å². The molecule has 0 aliphatic heterocycles. The lowest BCUT2D eigenvalue weighted by Crippen LogP contribution is -2.26. The van der Waals surface area contributed by atoms with Crippen molar-refractivity contribution < 1.29 is 0 Å². The van der Waals surface area contributed by atoms with E-state index in [0.717, 1.165) is 13.0 Å². The highest BCUT2D eigenvalue weighted by molar-refractivity contribution is 4.93. The van der Waals surface area contributed by atoms with E-state index in [9.17, 15) is 0 Å². The quantitative estimate of drug-likeness (QED) is 0.235. The van der Waals surface area contributed by atoms with Crippen LogP contribution in [0.25, 0.3) is 0 Å². The minimum absolute atomic E-state index is 0.901. The van der Waals surface area contributed by atoms with Gasteiger partial charge in [-0.3, -0.25) is 5.43 Å². The van der Waals surface area contributed by atoms with E-state index in [1.807, 2.05) is 13.8 Å². The fourth-order valence-electron chi connectivity index (χ4n) is 0.265. The fourth-order valence-corrected chi connectivity index (χ4v) is 0.265. The van der Waals surface area contributed by atoms with Crippen molar-refractivity contribution in [3.8, 4) is 12.0 Å². The maximum atomic E-state index is 2.86. The Morgan fingerprint density at radius 1 is 1.38 bits per heavy atom. The molecule has 2 heteroatoms. The van der Waals surface area contributed by atoms with Crippen LogP contribution in [0.3, 0.4) is 0 Å².